The molecule has 1 aromatic heterocycles. The molecule has 0 aliphatic rings. The number of hydrogen-bond donors (Lipinski definition) is 2. The second-order valence-corrected chi connectivity index (χ2v) is 7.34. The summed E-state index contributed by atoms with van der Waals surface area (Å²) in [5.74, 6) is 0.508. The van der Waals surface area contributed by atoms with E-state index in [2.05, 4.69) is 24.1 Å². The predicted molar refractivity (Wildman–Crippen MR) is 109 cm³/mol. The number of hydrogen-bond acceptors (Lipinski definition) is 6. The molecule has 0 unspecified atom stereocenters. The third-order valence-corrected chi connectivity index (χ3v) is 4.49. The normalized spacial score (nSPS) is 11.0. The Hall–Kier alpha value is -2.87. The van der Waals surface area contributed by atoms with Crippen LogP contribution in [0.25, 0.3) is 6.08 Å². The van der Waals surface area contributed by atoms with Crippen LogP contribution in [0.3, 0.4) is 0 Å². The molecule has 0 spiro atoms. The molecule has 1 aromatic carbocycles. The van der Waals surface area contributed by atoms with Gasteiger partial charge in [-0.05, 0) is 36.1 Å². The Morgan fingerprint density at radius 1 is 1.32 bits per heavy atom. The summed E-state index contributed by atoms with van der Waals surface area (Å²) in [6.45, 7) is 4.89. The molecular weight excluding hydrogens is 380 g/mol. The van der Waals surface area contributed by atoms with Crippen LogP contribution in [0.2, 0.25) is 0 Å². The molecule has 0 radical (unpaired) electrons. The van der Waals surface area contributed by atoms with Crippen LogP contribution in [-0.4, -0.2) is 35.7 Å². The van der Waals surface area contributed by atoms with Gasteiger partial charge in [-0.15, -0.1) is 11.3 Å². The molecule has 0 fully saturated rings. The predicted octanol–water partition coefficient (Wildman–Crippen LogP) is 3.86. The molecule has 0 atom stereocenters. The van der Waals surface area contributed by atoms with Gasteiger partial charge in [0.05, 0.1) is 25.8 Å². The highest BCUT2D eigenvalue weighted by Crippen LogP contribution is 2.29. The lowest BCUT2D eigenvalue weighted by Gasteiger charge is -2.12. The zero-order valence-corrected chi connectivity index (χ0v) is 16.9. The summed E-state index contributed by atoms with van der Waals surface area (Å²) in [6.07, 6.45) is 3.82. The van der Waals surface area contributed by atoms with Crippen molar-refractivity contribution >= 4 is 34.4 Å². The van der Waals surface area contributed by atoms with Crippen molar-refractivity contribution in [2.75, 3.05) is 19.0 Å². The first-order chi connectivity index (χ1) is 13.4. The zero-order chi connectivity index (χ0) is 20.5. The Balaban J connectivity index is 1.95. The second kappa shape index (κ2) is 10.5. The number of thiazole rings is 1. The monoisotopic (exact) mass is 404 g/mol. The minimum absolute atomic E-state index is 0.173. The molecule has 0 saturated carbocycles. The maximum absolute atomic E-state index is 12.0. The van der Waals surface area contributed by atoms with Crippen molar-refractivity contribution in [3.63, 3.8) is 0 Å². The number of nitrogens with one attached hydrogen (secondary N) is 1. The molecule has 0 bridgehead atoms. The summed E-state index contributed by atoms with van der Waals surface area (Å²) in [7, 11) is 1.57. The van der Waals surface area contributed by atoms with E-state index in [4.69, 9.17) is 14.6 Å². The maximum Gasteiger partial charge on any atom is 0.309 e. The van der Waals surface area contributed by atoms with Crippen LogP contribution in [0.15, 0.2) is 29.7 Å². The number of amides is 1. The molecule has 0 aliphatic carbocycles. The molecule has 1 heterocycles. The number of rotatable bonds is 10. The van der Waals surface area contributed by atoms with Gasteiger partial charge in [-0.3, -0.25) is 14.9 Å². The molecule has 150 valence electrons. The van der Waals surface area contributed by atoms with Gasteiger partial charge in [0, 0.05) is 11.5 Å². The molecule has 28 heavy (non-hydrogen) atoms. The summed E-state index contributed by atoms with van der Waals surface area (Å²) in [5.41, 5.74) is 1.20. The van der Waals surface area contributed by atoms with Gasteiger partial charge in [-0.1, -0.05) is 19.9 Å². The smallest absolute Gasteiger partial charge is 0.309 e. The van der Waals surface area contributed by atoms with Crippen molar-refractivity contribution in [3.8, 4) is 11.5 Å². The van der Waals surface area contributed by atoms with E-state index >= 15 is 0 Å². The van der Waals surface area contributed by atoms with Crippen molar-refractivity contribution in [1.82, 2.24) is 4.98 Å². The fraction of sp³-hybridized carbons (Fsp3) is 0.350. The van der Waals surface area contributed by atoms with Gasteiger partial charge in [0.15, 0.2) is 16.6 Å². The quantitative estimate of drug-likeness (QED) is 0.584. The largest absolute Gasteiger partial charge is 0.493 e. The number of carbonyl (C=O) groups excluding carboxylic acids is 1. The van der Waals surface area contributed by atoms with Crippen LogP contribution >= 0.6 is 11.3 Å². The number of benzene rings is 1. The average Bonchev–Trinajstić information content (AvgIpc) is 3.06. The highest BCUT2D eigenvalue weighted by molar-refractivity contribution is 7.14. The van der Waals surface area contributed by atoms with Crippen molar-refractivity contribution in [1.29, 1.82) is 0 Å². The first kappa shape index (κ1) is 21.4. The Morgan fingerprint density at radius 2 is 2.11 bits per heavy atom. The van der Waals surface area contributed by atoms with E-state index < -0.39 is 5.97 Å². The lowest BCUT2D eigenvalue weighted by molar-refractivity contribution is -0.136. The Labute approximate surface area is 168 Å². The molecule has 8 heteroatoms. The molecule has 0 aliphatic heterocycles. The van der Waals surface area contributed by atoms with Crippen molar-refractivity contribution in [2.24, 2.45) is 5.92 Å². The maximum atomic E-state index is 12.0. The Morgan fingerprint density at radius 3 is 2.79 bits per heavy atom. The molecular formula is C20H24N2O5S. The summed E-state index contributed by atoms with van der Waals surface area (Å²) >= 11 is 1.18. The summed E-state index contributed by atoms with van der Waals surface area (Å²) in [4.78, 5) is 26.8. The van der Waals surface area contributed by atoms with E-state index in [-0.39, 0.29) is 12.3 Å². The standard InChI is InChI=1S/C20H24N2O5S/c1-13(2)8-9-27-16-6-4-14(10-17(16)26-3)5-7-18(23)22-20-21-15(12-28-20)11-19(24)25/h4-7,10,12-13H,8-9,11H2,1-3H3,(H,24,25)(H,21,22,23)/b7-5+. The molecule has 2 aromatic rings. The fourth-order valence-corrected chi connectivity index (χ4v) is 2.94. The van der Waals surface area contributed by atoms with Crippen LogP contribution < -0.4 is 14.8 Å². The van der Waals surface area contributed by atoms with Gasteiger partial charge in [0.25, 0.3) is 0 Å². The van der Waals surface area contributed by atoms with E-state index in [1.54, 1.807) is 24.6 Å². The number of nitrogens with zero attached hydrogens (tertiary/aromatic N) is 1. The van der Waals surface area contributed by atoms with Crippen molar-refractivity contribution < 1.29 is 24.2 Å². The van der Waals surface area contributed by atoms with Crippen LogP contribution in [0.1, 0.15) is 31.5 Å². The minimum Gasteiger partial charge on any atom is -0.493 e. The topological polar surface area (TPSA) is 97.8 Å². The van der Waals surface area contributed by atoms with Crippen LogP contribution in [0.5, 0.6) is 11.5 Å². The lowest BCUT2D eigenvalue weighted by atomic mass is 10.1. The molecule has 1 amide bonds. The number of carboxylic acids is 1. The van der Waals surface area contributed by atoms with E-state index in [1.807, 2.05) is 12.1 Å². The van der Waals surface area contributed by atoms with Gasteiger partial charge in [0.2, 0.25) is 5.91 Å². The van der Waals surface area contributed by atoms with Gasteiger partial charge >= 0.3 is 5.97 Å². The van der Waals surface area contributed by atoms with Crippen LogP contribution in [0.4, 0.5) is 5.13 Å². The number of methoxy groups -OCH3 is 1. The van der Waals surface area contributed by atoms with Crippen LogP contribution in [0, 0.1) is 5.92 Å². The molecule has 0 saturated heterocycles. The van der Waals surface area contributed by atoms with Crippen molar-refractivity contribution in [3.05, 3.63) is 40.9 Å². The first-order valence-electron chi connectivity index (χ1n) is 8.83. The van der Waals surface area contributed by atoms with E-state index in [0.717, 1.165) is 12.0 Å². The number of aromatic nitrogens is 1. The van der Waals surface area contributed by atoms with Gasteiger partial charge in [-0.2, -0.15) is 0 Å². The van der Waals surface area contributed by atoms with Gasteiger partial charge in [0.1, 0.15) is 0 Å². The molecule has 2 N–H and O–H groups in total. The SMILES string of the molecule is COc1cc(/C=C/C(=O)Nc2nc(CC(=O)O)cs2)ccc1OCCC(C)C. The first-order valence-corrected chi connectivity index (χ1v) is 9.71. The van der Waals surface area contributed by atoms with Crippen molar-refractivity contribution in [2.45, 2.75) is 26.7 Å². The third kappa shape index (κ3) is 7.03. The van der Waals surface area contributed by atoms with E-state index in [1.165, 1.54) is 17.4 Å². The zero-order valence-electron chi connectivity index (χ0n) is 16.1. The lowest BCUT2D eigenvalue weighted by Crippen LogP contribution is -2.08. The van der Waals surface area contributed by atoms with Gasteiger partial charge < -0.3 is 14.6 Å². The van der Waals surface area contributed by atoms with E-state index in [9.17, 15) is 9.59 Å². The average molecular weight is 404 g/mol. The summed E-state index contributed by atoms with van der Waals surface area (Å²) < 4.78 is 11.1. The van der Waals surface area contributed by atoms with E-state index in [0.29, 0.717) is 34.8 Å². The number of carboxylic acid groups (broad SMARTS) is 1. The Kier molecular flexibility index (Phi) is 8.01. The number of aliphatic carboxylic acids is 1. The minimum atomic E-state index is -0.964. The summed E-state index contributed by atoms with van der Waals surface area (Å²) in [5, 5.41) is 13.3. The van der Waals surface area contributed by atoms with Crippen LogP contribution in [-0.2, 0) is 16.0 Å². The van der Waals surface area contributed by atoms with Gasteiger partial charge in [-0.25, -0.2) is 4.98 Å². The second-order valence-electron chi connectivity index (χ2n) is 6.48. The number of ether oxygens (including phenoxy) is 2. The summed E-state index contributed by atoms with van der Waals surface area (Å²) in [6, 6.07) is 5.45. The third-order valence-electron chi connectivity index (χ3n) is 3.68. The highest BCUT2D eigenvalue weighted by atomic mass is 32.1. The number of carbonyl (C=O) groups is 2. The highest BCUT2D eigenvalue weighted by Gasteiger charge is 2.08. The number of anilines is 1. The Bertz CT molecular complexity index is 845. The fourth-order valence-electron chi connectivity index (χ4n) is 2.23. The molecule has 7 nitrogen and oxygen atoms in total. The molecule has 2 rings (SSSR count).